The van der Waals surface area contributed by atoms with Gasteiger partial charge in [-0.3, -0.25) is 4.90 Å². The number of rotatable bonds is 3. The van der Waals surface area contributed by atoms with Gasteiger partial charge in [0.25, 0.3) is 0 Å². The van der Waals surface area contributed by atoms with Gasteiger partial charge in [-0.05, 0) is 25.0 Å². The zero-order chi connectivity index (χ0) is 13.9. The number of halogens is 2. The van der Waals surface area contributed by atoms with Crippen LogP contribution in [0.3, 0.4) is 0 Å². The van der Waals surface area contributed by atoms with Crippen molar-refractivity contribution < 1.29 is 13.5 Å². The van der Waals surface area contributed by atoms with Crippen LogP contribution in [-0.4, -0.2) is 50.3 Å². The van der Waals surface area contributed by atoms with Crippen LogP contribution >= 0.6 is 0 Å². The predicted octanol–water partition coefficient (Wildman–Crippen LogP) is 2.27. The molecule has 20 heavy (non-hydrogen) atoms. The quantitative estimate of drug-likeness (QED) is 0.846. The normalized spacial score (nSPS) is 24.3. The molecular weight excluding hydrogens is 262 g/mol. The van der Waals surface area contributed by atoms with Crippen molar-refractivity contribution in [2.45, 2.75) is 18.9 Å². The molecule has 0 aliphatic carbocycles. The number of hydrogen-bond acceptors (Lipinski definition) is 3. The highest BCUT2D eigenvalue weighted by molar-refractivity contribution is 5.48. The summed E-state index contributed by atoms with van der Waals surface area (Å²) >= 11 is 0. The minimum Gasteiger partial charge on any atom is -0.377 e. The molecule has 1 atom stereocenters. The minimum atomic E-state index is -0.774. The summed E-state index contributed by atoms with van der Waals surface area (Å²) in [6.45, 7) is 5.03. The fourth-order valence-corrected chi connectivity index (χ4v) is 2.98. The smallest absolute Gasteiger partial charge is 0.182 e. The fourth-order valence-electron chi connectivity index (χ4n) is 2.98. The SMILES string of the molecule is Fc1cccc(N2CCN(C[C@H]3CCCO3)CC2)c1F. The van der Waals surface area contributed by atoms with Crippen LogP contribution in [0.15, 0.2) is 18.2 Å². The highest BCUT2D eigenvalue weighted by Gasteiger charge is 2.24. The summed E-state index contributed by atoms with van der Waals surface area (Å²) < 4.78 is 32.7. The van der Waals surface area contributed by atoms with Gasteiger partial charge in [-0.25, -0.2) is 8.78 Å². The van der Waals surface area contributed by atoms with Gasteiger partial charge in [0.1, 0.15) is 0 Å². The molecule has 0 amide bonds. The van der Waals surface area contributed by atoms with Crippen molar-refractivity contribution in [2.24, 2.45) is 0 Å². The summed E-state index contributed by atoms with van der Waals surface area (Å²) in [5.41, 5.74) is 0.377. The molecular formula is C15H20F2N2O. The molecule has 0 spiro atoms. The Morgan fingerprint density at radius 1 is 1.15 bits per heavy atom. The Labute approximate surface area is 118 Å². The van der Waals surface area contributed by atoms with Gasteiger partial charge in [-0.15, -0.1) is 0 Å². The molecule has 110 valence electrons. The molecule has 3 rings (SSSR count). The second kappa shape index (κ2) is 6.06. The third-order valence-corrected chi connectivity index (χ3v) is 4.13. The van der Waals surface area contributed by atoms with Crippen LogP contribution in [0.2, 0.25) is 0 Å². The number of hydrogen-bond donors (Lipinski definition) is 0. The molecule has 0 aromatic heterocycles. The van der Waals surface area contributed by atoms with E-state index in [0.29, 0.717) is 11.8 Å². The highest BCUT2D eigenvalue weighted by Crippen LogP contribution is 2.23. The van der Waals surface area contributed by atoms with Gasteiger partial charge < -0.3 is 9.64 Å². The third kappa shape index (κ3) is 2.94. The number of benzene rings is 1. The van der Waals surface area contributed by atoms with Gasteiger partial charge in [-0.2, -0.15) is 0 Å². The largest absolute Gasteiger partial charge is 0.377 e. The van der Waals surface area contributed by atoms with Crippen LogP contribution in [0.25, 0.3) is 0 Å². The molecule has 2 fully saturated rings. The van der Waals surface area contributed by atoms with E-state index in [2.05, 4.69) is 4.90 Å². The van der Waals surface area contributed by atoms with Gasteiger partial charge in [0, 0.05) is 39.3 Å². The van der Waals surface area contributed by atoms with Crippen LogP contribution in [-0.2, 0) is 4.74 Å². The van der Waals surface area contributed by atoms with Crippen LogP contribution in [0, 0.1) is 11.6 Å². The second-order valence-corrected chi connectivity index (χ2v) is 5.50. The molecule has 2 saturated heterocycles. The molecule has 0 N–H and O–H groups in total. The summed E-state index contributed by atoms with van der Waals surface area (Å²) in [5.74, 6) is -1.51. The summed E-state index contributed by atoms with van der Waals surface area (Å²) in [6, 6.07) is 4.37. The van der Waals surface area contributed by atoms with E-state index in [1.165, 1.54) is 0 Å². The van der Waals surface area contributed by atoms with E-state index in [-0.39, 0.29) is 0 Å². The Bertz CT molecular complexity index is 455. The molecule has 2 aliphatic heterocycles. The minimum absolute atomic E-state index is 0.354. The third-order valence-electron chi connectivity index (χ3n) is 4.13. The lowest BCUT2D eigenvalue weighted by Crippen LogP contribution is -2.48. The maximum Gasteiger partial charge on any atom is 0.182 e. The van der Waals surface area contributed by atoms with Crippen LogP contribution in [0.4, 0.5) is 14.5 Å². The van der Waals surface area contributed by atoms with E-state index in [9.17, 15) is 8.78 Å². The van der Waals surface area contributed by atoms with E-state index < -0.39 is 11.6 Å². The summed E-state index contributed by atoms with van der Waals surface area (Å²) in [5, 5.41) is 0. The molecule has 1 aromatic rings. The van der Waals surface area contributed by atoms with Crippen molar-refractivity contribution in [1.82, 2.24) is 4.90 Å². The van der Waals surface area contributed by atoms with Crippen LogP contribution in [0.1, 0.15) is 12.8 Å². The summed E-state index contributed by atoms with van der Waals surface area (Å²) in [4.78, 5) is 4.27. The first kappa shape index (κ1) is 13.8. The van der Waals surface area contributed by atoms with E-state index in [4.69, 9.17) is 4.74 Å². The lowest BCUT2D eigenvalue weighted by atomic mass is 10.2. The topological polar surface area (TPSA) is 15.7 Å². The van der Waals surface area contributed by atoms with Crippen LogP contribution in [0.5, 0.6) is 0 Å². The second-order valence-electron chi connectivity index (χ2n) is 5.50. The Hall–Kier alpha value is -1.20. The average molecular weight is 282 g/mol. The number of anilines is 1. The first-order valence-electron chi connectivity index (χ1n) is 7.27. The van der Waals surface area contributed by atoms with Crippen molar-refractivity contribution in [3.63, 3.8) is 0 Å². The predicted molar refractivity (Wildman–Crippen MR) is 74.0 cm³/mol. The maximum atomic E-state index is 13.8. The Kier molecular flexibility index (Phi) is 4.17. The highest BCUT2D eigenvalue weighted by atomic mass is 19.2. The van der Waals surface area contributed by atoms with Crippen molar-refractivity contribution in [2.75, 3.05) is 44.2 Å². The molecule has 2 heterocycles. The maximum absolute atomic E-state index is 13.8. The Morgan fingerprint density at radius 2 is 1.95 bits per heavy atom. The number of ether oxygens (including phenoxy) is 1. The van der Waals surface area contributed by atoms with Gasteiger partial charge >= 0.3 is 0 Å². The molecule has 0 unspecified atom stereocenters. The van der Waals surface area contributed by atoms with E-state index >= 15 is 0 Å². The van der Waals surface area contributed by atoms with Crippen molar-refractivity contribution >= 4 is 5.69 Å². The molecule has 0 radical (unpaired) electrons. The standard InChI is InChI=1S/C15H20F2N2O/c16-13-4-1-5-14(15(13)17)19-8-6-18(7-9-19)11-12-3-2-10-20-12/h1,4-5,12H,2-3,6-11H2/t12-/m1/s1. The van der Waals surface area contributed by atoms with Gasteiger partial charge in [0.05, 0.1) is 11.8 Å². The van der Waals surface area contributed by atoms with E-state index in [1.807, 2.05) is 4.90 Å². The lowest BCUT2D eigenvalue weighted by Gasteiger charge is -2.37. The summed E-state index contributed by atoms with van der Waals surface area (Å²) in [7, 11) is 0. The Morgan fingerprint density at radius 3 is 2.65 bits per heavy atom. The molecule has 1 aromatic carbocycles. The summed E-state index contributed by atoms with van der Waals surface area (Å²) in [6.07, 6.45) is 2.64. The monoisotopic (exact) mass is 282 g/mol. The molecule has 0 saturated carbocycles. The first-order valence-corrected chi connectivity index (χ1v) is 7.27. The lowest BCUT2D eigenvalue weighted by molar-refractivity contribution is 0.0712. The van der Waals surface area contributed by atoms with Crippen molar-refractivity contribution in [3.05, 3.63) is 29.8 Å². The number of nitrogens with zero attached hydrogens (tertiary/aromatic N) is 2. The Balaban J connectivity index is 1.56. The molecule has 0 bridgehead atoms. The molecule has 5 heteroatoms. The van der Waals surface area contributed by atoms with E-state index in [1.54, 1.807) is 12.1 Å². The van der Waals surface area contributed by atoms with Gasteiger partial charge in [0.2, 0.25) is 0 Å². The van der Waals surface area contributed by atoms with Crippen molar-refractivity contribution in [1.29, 1.82) is 0 Å². The van der Waals surface area contributed by atoms with Gasteiger partial charge in [0.15, 0.2) is 11.6 Å². The average Bonchev–Trinajstić information content (AvgIpc) is 2.96. The first-order chi connectivity index (χ1) is 9.74. The zero-order valence-corrected chi connectivity index (χ0v) is 11.5. The number of piperazine rings is 1. The molecule has 3 nitrogen and oxygen atoms in total. The van der Waals surface area contributed by atoms with E-state index in [0.717, 1.165) is 58.2 Å². The van der Waals surface area contributed by atoms with Crippen LogP contribution < -0.4 is 4.90 Å². The molecule has 2 aliphatic rings. The van der Waals surface area contributed by atoms with Gasteiger partial charge in [-0.1, -0.05) is 6.07 Å². The zero-order valence-electron chi connectivity index (χ0n) is 11.5. The fraction of sp³-hybridized carbons (Fsp3) is 0.600. The van der Waals surface area contributed by atoms with Crippen molar-refractivity contribution in [3.8, 4) is 0 Å².